The molecule has 0 spiro atoms. The lowest BCUT2D eigenvalue weighted by Crippen LogP contribution is -2.22. The molecule has 3 rings (SSSR count). The number of sulfonamides is 1. The fraction of sp³-hybridized carbons (Fsp3) is 0.136. The van der Waals surface area contributed by atoms with Gasteiger partial charge in [0.1, 0.15) is 5.75 Å². The maximum atomic E-state index is 12.5. The number of hydrogen-bond donors (Lipinski definition) is 2. The fourth-order valence-corrected chi connectivity index (χ4v) is 3.82. The summed E-state index contributed by atoms with van der Waals surface area (Å²) in [6, 6.07) is 20.3. The third-order valence-corrected chi connectivity index (χ3v) is 5.70. The molecule has 0 aliphatic heterocycles. The van der Waals surface area contributed by atoms with Crippen LogP contribution < -0.4 is 14.8 Å². The number of ether oxygens (including phenoxy) is 1. The lowest BCUT2D eigenvalue weighted by Gasteiger charge is -2.10. The zero-order chi connectivity index (χ0) is 20.9. The minimum absolute atomic E-state index is 0.123. The molecule has 150 valence electrons. The van der Waals surface area contributed by atoms with Crippen LogP contribution in [0.1, 0.15) is 21.5 Å². The summed E-state index contributed by atoms with van der Waals surface area (Å²) < 4.78 is 32.5. The van der Waals surface area contributed by atoms with Gasteiger partial charge in [-0.05, 0) is 61.0 Å². The van der Waals surface area contributed by atoms with Crippen molar-refractivity contribution in [2.75, 3.05) is 11.8 Å². The van der Waals surface area contributed by atoms with Gasteiger partial charge >= 0.3 is 0 Å². The average Bonchev–Trinajstić information content (AvgIpc) is 2.72. The molecule has 29 heavy (non-hydrogen) atoms. The van der Waals surface area contributed by atoms with E-state index in [0.717, 1.165) is 11.1 Å². The molecule has 7 heteroatoms. The summed E-state index contributed by atoms with van der Waals surface area (Å²) in [4.78, 5) is 12.4. The number of amides is 1. The van der Waals surface area contributed by atoms with Gasteiger partial charge in [0.05, 0.1) is 12.0 Å². The van der Waals surface area contributed by atoms with E-state index in [0.29, 0.717) is 23.5 Å². The molecule has 0 aromatic heterocycles. The van der Waals surface area contributed by atoms with Gasteiger partial charge in [0, 0.05) is 17.8 Å². The van der Waals surface area contributed by atoms with Crippen molar-refractivity contribution in [2.24, 2.45) is 0 Å². The van der Waals surface area contributed by atoms with Crippen LogP contribution >= 0.6 is 0 Å². The van der Waals surface area contributed by atoms with Crippen LogP contribution in [0.25, 0.3) is 0 Å². The topological polar surface area (TPSA) is 84.5 Å². The van der Waals surface area contributed by atoms with Crippen LogP contribution in [0, 0.1) is 6.92 Å². The van der Waals surface area contributed by atoms with Gasteiger partial charge in [-0.25, -0.2) is 8.42 Å². The summed E-state index contributed by atoms with van der Waals surface area (Å²) >= 11 is 0. The highest BCUT2D eigenvalue weighted by atomic mass is 32.2. The van der Waals surface area contributed by atoms with Crippen molar-refractivity contribution < 1.29 is 17.9 Å². The standard InChI is InChI=1S/C22H22N2O4S/c1-16-4-3-5-17(14-16)15-23-22(25)18-6-8-19(9-7-18)24-29(26,27)21-12-10-20(28-2)11-13-21/h3-14,24H,15H2,1-2H3,(H,23,25). The smallest absolute Gasteiger partial charge is 0.261 e. The van der Waals surface area contributed by atoms with Crippen molar-refractivity contribution in [2.45, 2.75) is 18.4 Å². The van der Waals surface area contributed by atoms with Gasteiger partial charge in [0.15, 0.2) is 0 Å². The highest BCUT2D eigenvalue weighted by molar-refractivity contribution is 7.92. The van der Waals surface area contributed by atoms with Crippen molar-refractivity contribution >= 4 is 21.6 Å². The molecule has 0 aliphatic carbocycles. The number of carbonyl (C=O) groups excluding carboxylic acids is 1. The Labute approximate surface area is 170 Å². The fourth-order valence-electron chi connectivity index (χ4n) is 2.77. The van der Waals surface area contributed by atoms with E-state index in [2.05, 4.69) is 10.0 Å². The normalized spacial score (nSPS) is 11.0. The average molecular weight is 410 g/mol. The Morgan fingerprint density at radius 3 is 2.28 bits per heavy atom. The zero-order valence-corrected chi connectivity index (χ0v) is 17.0. The first-order valence-electron chi connectivity index (χ1n) is 8.98. The predicted octanol–water partition coefficient (Wildman–Crippen LogP) is 3.73. The molecule has 0 unspecified atom stereocenters. The lowest BCUT2D eigenvalue weighted by atomic mass is 10.1. The van der Waals surface area contributed by atoms with Crippen molar-refractivity contribution in [1.82, 2.24) is 5.32 Å². The molecule has 2 N–H and O–H groups in total. The maximum absolute atomic E-state index is 12.5. The van der Waals surface area contributed by atoms with Crippen LogP contribution in [0.5, 0.6) is 5.75 Å². The summed E-state index contributed by atoms with van der Waals surface area (Å²) in [7, 11) is -2.21. The number of hydrogen-bond acceptors (Lipinski definition) is 4. The zero-order valence-electron chi connectivity index (χ0n) is 16.2. The first-order chi connectivity index (χ1) is 13.9. The first-order valence-corrected chi connectivity index (χ1v) is 10.5. The van der Waals surface area contributed by atoms with Crippen molar-refractivity contribution in [3.05, 3.63) is 89.5 Å². The second kappa shape index (κ2) is 8.79. The Morgan fingerprint density at radius 1 is 0.966 bits per heavy atom. The van der Waals surface area contributed by atoms with Crippen LogP contribution in [0.3, 0.4) is 0 Å². The Kier molecular flexibility index (Phi) is 6.19. The molecule has 0 heterocycles. The lowest BCUT2D eigenvalue weighted by molar-refractivity contribution is 0.0951. The molecule has 0 atom stereocenters. The second-order valence-corrected chi connectivity index (χ2v) is 8.21. The van der Waals surface area contributed by atoms with Crippen molar-refractivity contribution in [3.63, 3.8) is 0 Å². The molecule has 3 aromatic carbocycles. The number of carbonyl (C=O) groups is 1. The van der Waals surface area contributed by atoms with E-state index in [-0.39, 0.29) is 10.8 Å². The number of aryl methyl sites for hydroxylation is 1. The van der Waals surface area contributed by atoms with Crippen molar-refractivity contribution in [1.29, 1.82) is 0 Å². The van der Waals surface area contributed by atoms with Gasteiger partial charge in [0.2, 0.25) is 0 Å². The summed E-state index contributed by atoms with van der Waals surface area (Å²) in [5, 5.41) is 2.86. The van der Waals surface area contributed by atoms with Gasteiger partial charge in [-0.1, -0.05) is 29.8 Å². The van der Waals surface area contributed by atoms with Crippen LogP contribution in [-0.4, -0.2) is 21.4 Å². The number of nitrogens with one attached hydrogen (secondary N) is 2. The molecular formula is C22H22N2O4S. The van der Waals surface area contributed by atoms with E-state index in [1.165, 1.54) is 19.2 Å². The highest BCUT2D eigenvalue weighted by Gasteiger charge is 2.14. The highest BCUT2D eigenvalue weighted by Crippen LogP contribution is 2.19. The molecule has 3 aromatic rings. The number of benzene rings is 3. The van der Waals surface area contributed by atoms with E-state index in [9.17, 15) is 13.2 Å². The van der Waals surface area contributed by atoms with Crippen LogP contribution in [0.4, 0.5) is 5.69 Å². The largest absolute Gasteiger partial charge is 0.497 e. The van der Waals surface area contributed by atoms with Gasteiger partial charge in [0.25, 0.3) is 15.9 Å². The quantitative estimate of drug-likeness (QED) is 0.622. The van der Waals surface area contributed by atoms with Gasteiger partial charge in [-0.3, -0.25) is 9.52 Å². The first kappa shape index (κ1) is 20.4. The van der Waals surface area contributed by atoms with Crippen LogP contribution in [0.2, 0.25) is 0 Å². The van der Waals surface area contributed by atoms with E-state index in [4.69, 9.17) is 4.74 Å². The van der Waals surface area contributed by atoms with Gasteiger partial charge in [-0.15, -0.1) is 0 Å². The summed E-state index contributed by atoms with van der Waals surface area (Å²) in [5.74, 6) is 0.348. The predicted molar refractivity (Wildman–Crippen MR) is 113 cm³/mol. The monoisotopic (exact) mass is 410 g/mol. The molecule has 0 fully saturated rings. The van der Waals surface area contributed by atoms with E-state index >= 15 is 0 Å². The van der Waals surface area contributed by atoms with Crippen LogP contribution in [0.15, 0.2) is 77.7 Å². The maximum Gasteiger partial charge on any atom is 0.261 e. The van der Waals surface area contributed by atoms with E-state index in [1.54, 1.807) is 36.4 Å². The second-order valence-electron chi connectivity index (χ2n) is 6.53. The Hall–Kier alpha value is -3.32. The van der Waals surface area contributed by atoms with E-state index < -0.39 is 10.0 Å². The molecule has 0 saturated carbocycles. The number of anilines is 1. The summed E-state index contributed by atoms with van der Waals surface area (Å²) in [5.41, 5.74) is 2.97. The Bertz CT molecular complexity index is 1090. The van der Waals surface area contributed by atoms with Gasteiger partial charge < -0.3 is 10.1 Å². The third-order valence-electron chi connectivity index (χ3n) is 4.30. The minimum atomic E-state index is -3.73. The molecule has 0 radical (unpaired) electrons. The summed E-state index contributed by atoms with van der Waals surface area (Å²) in [6.07, 6.45) is 0. The third kappa shape index (κ3) is 5.36. The molecular weight excluding hydrogens is 388 g/mol. The van der Waals surface area contributed by atoms with Gasteiger partial charge in [-0.2, -0.15) is 0 Å². The number of rotatable bonds is 7. The van der Waals surface area contributed by atoms with Crippen molar-refractivity contribution in [3.8, 4) is 5.75 Å². The SMILES string of the molecule is COc1ccc(S(=O)(=O)Nc2ccc(C(=O)NCc3cccc(C)c3)cc2)cc1. The molecule has 1 amide bonds. The molecule has 0 bridgehead atoms. The summed E-state index contributed by atoms with van der Waals surface area (Å²) in [6.45, 7) is 2.42. The molecule has 6 nitrogen and oxygen atoms in total. The van der Waals surface area contributed by atoms with E-state index in [1.807, 2.05) is 31.2 Å². The Morgan fingerprint density at radius 2 is 1.66 bits per heavy atom. The molecule has 0 aliphatic rings. The Balaban J connectivity index is 1.63. The molecule has 0 saturated heterocycles. The number of methoxy groups -OCH3 is 1. The van der Waals surface area contributed by atoms with Crippen LogP contribution in [-0.2, 0) is 16.6 Å². The minimum Gasteiger partial charge on any atom is -0.497 e.